The molecule has 0 aliphatic carbocycles. The fraction of sp³-hybridized carbons (Fsp3) is 0.0909. The number of rotatable bonds is 2. The lowest BCUT2D eigenvalue weighted by molar-refractivity contribution is 0.0221. The Kier molecular flexibility index (Phi) is 3.59. The first-order valence-electron chi connectivity index (χ1n) is 9.05. The fourth-order valence-electron chi connectivity index (χ4n) is 4.24. The summed E-state index contributed by atoms with van der Waals surface area (Å²) in [5.41, 5.74) is 5.50. The van der Waals surface area contributed by atoms with Crippen LogP contribution in [0.5, 0.6) is 23.0 Å². The highest BCUT2D eigenvalue weighted by Crippen LogP contribution is 2.58. The molecular formula is C22H15NO7. The number of hydrogen-bond donors (Lipinski definition) is 4. The summed E-state index contributed by atoms with van der Waals surface area (Å²) in [6, 6.07) is 11.8. The average Bonchev–Trinajstić information content (AvgIpc) is 3.01. The van der Waals surface area contributed by atoms with Crippen LogP contribution in [0.1, 0.15) is 43.0 Å². The van der Waals surface area contributed by atoms with Crippen molar-refractivity contribution >= 4 is 11.9 Å². The van der Waals surface area contributed by atoms with Crippen LogP contribution in [0.4, 0.5) is 0 Å². The molecule has 1 spiro atoms. The quantitative estimate of drug-likeness (QED) is 0.477. The lowest BCUT2D eigenvalue weighted by atomic mass is 9.76. The highest BCUT2D eigenvalue weighted by atomic mass is 16.6. The number of aromatic carboxylic acids is 1. The second kappa shape index (κ2) is 5.98. The minimum atomic E-state index is -1.52. The van der Waals surface area contributed by atoms with Gasteiger partial charge in [0.1, 0.15) is 23.0 Å². The lowest BCUT2D eigenvalue weighted by Gasteiger charge is -2.37. The minimum absolute atomic E-state index is 0.0563. The van der Waals surface area contributed by atoms with Crippen LogP contribution < -0.4 is 10.5 Å². The molecule has 0 radical (unpaired) electrons. The summed E-state index contributed by atoms with van der Waals surface area (Å²) in [5, 5.41) is 29.8. The summed E-state index contributed by atoms with van der Waals surface area (Å²) in [6.45, 7) is -0.0603. The summed E-state index contributed by atoms with van der Waals surface area (Å²) in [6.07, 6.45) is 0. The predicted molar refractivity (Wildman–Crippen MR) is 103 cm³/mol. The van der Waals surface area contributed by atoms with Crippen LogP contribution in [-0.2, 0) is 16.9 Å². The molecule has 150 valence electrons. The highest BCUT2D eigenvalue weighted by molar-refractivity contribution is 6.06. The van der Waals surface area contributed by atoms with Crippen LogP contribution in [0.3, 0.4) is 0 Å². The van der Waals surface area contributed by atoms with Crippen molar-refractivity contribution in [3.8, 4) is 23.0 Å². The molecule has 0 saturated carbocycles. The van der Waals surface area contributed by atoms with E-state index in [0.29, 0.717) is 22.3 Å². The highest BCUT2D eigenvalue weighted by Gasteiger charge is 2.55. The van der Waals surface area contributed by atoms with Crippen LogP contribution in [-0.4, -0.2) is 27.3 Å². The monoisotopic (exact) mass is 405 g/mol. The minimum Gasteiger partial charge on any atom is -0.508 e. The molecule has 8 nitrogen and oxygen atoms in total. The third kappa shape index (κ3) is 2.13. The Morgan fingerprint density at radius 3 is 2.53 bits per heavy atom. The predicted octanol–water partition coefficient (Wildman–Crippen LogP) is 2.82. The number of carboxylic acid groups (broad SMARTS) is 1. The molecule has 30 heavy (non-hydrogen) atoms. The topological polar surface area (TPSA) is 139 Å². The Balaban J connectivity index is 1.93. The van der Waals surface area contributed by atoms with Crippen molar-refractivity contribution in [2.75, 3.05) is 0 Å². The molecular weight excluding hydrogens is 390 g/mol. The number of nitrogens with two attached hydrogens (primary N) is 1. The van der Waals surface area contributed by atoms with Crippen LogP contribution in [0.15, 0.2) is 48.5 Å². The van der Waals surface area contributed by atoms with Gasteiger partial charge in [-0.3, -0.25) is 0 Å². The summed E-state index contributed by atoms with van der Waals surface area (Å²) in [5.74, 6) is -1.84. The molecule has 0 saturated heterocycles. The van der Waals surface area contributed by atoms with Crippen LogP contribution in [0.25, 0.3) is 0 Å². The van der Waals surface area contributed by atoms with Gasteiger partial charge in [0, 0.05) is 29.3 Å². The van der Waals surface area contributed by atoms with E-state index >= 15 is 0 Å². The Hall–Kier alpha value is -4.04. The molecule has 1 atom stereocenters. The molecule has 5 N–H and O–H groups in total. The van der Waals surface area contributed by atoms with Gasteiger partial charge in [-0.2, -0.15) is 0 Å². The molecule has 2 aliphatic heterocycles. The zero-order valence-corrected chi connectivity index (χ0v) is 15.4. The van der Waals surface area contributed by atoms with E-state index in [1.54, 1.807) is 18.2 Å². The standard InChI is InChI=1S/C22H15NO7/c23-9-12-16(25)7-6-15-19(12)29-17-8-10(24)4-5-13(17)22(15)14-3-1-2-11(20(26)27)18(14)21(28)30-22/h1-8,24-25H,9,23H2,(H,26,27). The van der Waals surface area contributed by atoms with Gasteiger partial charge in [0.05, 0.1) is 16.7 Å². The number of carboxylic acids is 1. The Morgan fingerprint density at radius 2 is 1.80 bits per heavy atom. The molecule has 0 aromatic heterocycles. The number of benzene rings is 3. The van der Waals surface area contributed by atoms with Gasteiger partial charge in [-0.05, 0) is 30.3 Å². The first kappa shape index (κ1) is 18.0. The number of carbonyl (C=O) groups is 2. The maximum atomic E-state index is 12.9. The summed E-state index contributed by atoms with van der Waals surface area (Å²) in [4.78, 5) is 24.7. The number of phenolic OH excluding ortho intramolecular Hbond substituents is 2. The molecule has 0 amide bonds. The van der Waals surface area contributed by atoms with Crippen LogP contribution in [0.2, 0.25) is 0 Å². The summed E-state index contributed by atoms with van der Waals surface area (Å²) >= 11 is 0. The SMILES string of the molecule is NCc1c(O)ccc2c1Oc1cc(O)ccc1C21OC(=O)c2c(C(=O)O)cccc21. The van der Waals surface area contributed by atoms with Gasteiger partial charge in [-0.1, -0.05) is 12.1 Å². The van der Waals surface area contributed by atoms with E-state index in [0.717, 1.165) is 0 Å². The van der Waals surface area contributed by atoms with E-state index < -0.39 is 17.5 Å². The third-order valence-electron chi connectivity index (χ3n) is 5.50. The molecule has 8 heteroatoms. The van der Waals surface area contributed by atoms with Crippen LogP contribution >= 0.6 is 0 Å². The molecule has 3 aromatic carbocycles. The normalized spacial score (nSPS) is 18.2. The summed E-state index contributed by atoms with van der Waals surface area (Å²) < 4.78 is 11.9. The largest absolute Gasteiger partial charge is 0.508 e. The Labute approximate surface area is 169 Å². The molecule has 3 aromatic rings. The number of hydrogen-bond acceptors (Lipinski definition) is 7. The lowest BCUT2D eigenvalue weighted by Crippen LogP contribution is -2.33. The first-order chi connectivity index (χ1) is 14.4. The number of carbonyl (C=O) groups excluding carboxylic acids is 1. The van der Waals surface area contributed by atoms with Crippen molar-refractivity contribution < 1.29 is 34.4 Å². The van der Waals surface area contributed by atoms with Crippen molar-refractivity contribution in [1.29, 1.82) is 0 Å². The van der Waals surface area contributed by atoms with Gasteiger partial charge in [0.2, 0.25) is 0 Å². The van der Waals surface area contributed by atoms with E-state index in [2.05, 4.69) is 0 Å². The number of ether oxygens (including phenoxy) is 2. The van der Waals surface area contributed by atoms with E-state index in [1.165, 1.54) is 30.3 Å². The third-order valence-corrected chi connectivity index (χ3v) is 5.50. The van der Waals surface area contributed by atoms with E-state index in [4.69, 9.17) is 15.2 Å². The van der Waals surface area contributed by atoms with E-state index in [-0.39, 0.29) is 40.7 Å². The smallest absolute Gasteiger partial charge is 0.341 e. The van der Waals surface area contributed by atoms with Gasteiger partial charge in [-0.25, -0.2) is 9.59 Å². The van der Waals surface area contributed by atoms with Crippen molar-refractivity contribution in [2.45, 2.75) is 12.1 Å². The van der Waals surface area contributed by atoms with Crippen molar-refractivity contribution in [1.82, 2.24) is 0 Å². The first-order valence-corrected chi connectivity index (χ1v) is 9.05. The maximum absolute atomic E-state index is 12.9. The maximum Gasteiger partial charge on any atom is 0.341 e. The zero-order valence-electron chi connectivity index (χ0n) is 15.4. The van der Waals surface area contributed by atoms with Gasteiger partial charge in [-0.15, -0.1) is 0 Å². The van der Waals surface area contributed by atoms with E-state index in [9.17, 15) is 24.9 Å². The summed E-state index contributed by atoms with van der Waals surface area (Å²) in [7, 11) is 0. The van der Waals surface area contributed by atoms with Gasteiger partial charge < -0.3 is 30.5 Å². The van der Waals surface area contributed by atoms with Crippen molar-refractivity contribution in [3.05, 3.63) is 81.9 Å². The molecule has 2 aliphatic rings. The Bertz CT molecular complexity index is 1270. The Morgan fingerprint density at radius 1 is 1.03 bits per heavy atom. The second-order valence-corrected chi connectivity index (χ2v) is 7.03. The number of phenols is 2. The molecule has 1 unspecified atom stereocenters. The van der Waals surface area contributed by atoms with Gasteiger partial charge in [0.15, 0.2) is 5.60 Å². The molecule has 5 rings (SSSR count). The zero-order chi connectivity index (χ0) is 21.2. The van der Waals surface area contributed by atoms with Crippen molar-refractivity contribution in [3.63, 3.8) is 0 Å². The van der Waals surface area contributed by atoms with Gasteiger partial charge >= 0.3 is 11.9 Å². The van der Waals surface area contributed by atoms with Crippen LogP contribution in [0, 0.1) is 0 Å². The van der Waals surface area contributed by atoms with E-state index in [1.807, 2.05) is 0 Å². The van der Waals surface area contributed by atoms with Crippen molar-refractivity contribution in [2.24, 2.45) is 5.73 Å². The molecule has 0 fully saturated rings. The number of esters is 1. The number of fused-ring (bicyclic) bond motifs is 6. The average molecular weight is 405 g/mol. The van der Waals surface area contributed by atoms with Gasteiger partial charge in [0.25, 0.3) is 0 Å². The fourth-order valence-corrected chi connectivity index (χ4v) is 4.24. The second-order valence-electron chi connectivity index (χ2n) is 7.03. The number of aromatic hydroxyl groups is 2. The molecule has 2 heterocycles. The molecule has 0 bridgehead atoms.